The molecule has 2 N–H and O–H groups in total. The molecule has 2 aromatic rings. The van der Waals surface area contributed by atoms with Crippen LogP contribution >= 0.6 is 11.8 Å². The summed E-state index contributed by atoms with van der Waals surface area (Å²) >= 11 is 1.87. The van der Waals surface area contributed by atoms with Crippen LogP contribution < -0.4 is 5.73 Å². The van der Waals surface area contributed by atoms with Crippen molar-refractivity contribution >= 4 is 17.7 Å². The van der Waals surface area contributed by atoms with Crippen LogP contribution in [0.25, 0.3) is 0 Å². The van der Waals surface area contributed by atoms with Crippen molar-refractivity contribution in [2.45, 2.75) is 23.8 Å². The van der Waals surface area contributed by atoms with Crippen LogP contribution in [0.2, 0.25) is 0 Å². The van der Waals surface area contributed by atoms with Crippen LogP contribution in [-0.4, -0.2) is 35.7 Å². The zero-order chi connectivity index (χ0) is 16.8. The molecule has 1 saturated heterocycles. The van der Waals surface area contributed by atoms with Gasteiger partial charge in [0.1, 0.15) is 0 Å². The number of hydrogen-bond donors (Lipinski definition) is 1. The fraction of sp³-hybridized carbons (Fsp3) is 0.350. The molecule has 1 aliphatic rings. The molecule has 2 unspecified atom stereocenters. The number of thioether (sulfide) groups is 1. The number of nitrogens with zero attached hydrogens (tertiary/aromatic N) is 1. The van der Waals surface area contributed by atoms with Crippen molar-refractivity contribution < 1.29 is 4.79 Å². The van der Waals surface area contributed by atoms with Gasteiger partial charge in [-0.05, 0) is 36.5 Å². The van der Waals surface area contributed by atoms with Gasteiger partial charge in [-0.2, -0.15) is 0 Å². The Bertz CT molecular complexity index is 647. The molecule has 0 spiro atoms. The second-order valence-electron chi connectivity index (χ2n) is 6.36. The minimum Gasteiger partial charge on any atom is -0.341 e. The Morgan fingerprint density at radius 2 is 1.79 bits per heavy atom. The van der Waals surface area contributed by atoms with E-state index in [1.807, 2.05) is 53.1 Å². The normalized spacial score (nSPS) is 18.5. The Labute approximate surface area is 148 Å². The summed E-state index contributed by atoms with van der Waals surface area (Å²) < 4.78 is 0. The van der Waals surface area contributed by atoms with E-state index in [2.05, 4.69) is 24.3 Å². The minimum absolute atomic E-state index is 0.0889. The first kappa shape index (κ1) is 17.1. The summed E-state index contributed by atoms with van der Waals surface area (Å²) in [7, 11) is 0. The Kier molecular flexibility index (Phi) is 5.94. The van der Waals surface area contributed by atoms with Crippen molar-refractivity contribution in [3.05, 3.63) is 66.2 Å². The second-order valence-corrected chi connectivity index (χ2v) is 7.45. The Balaban J connectivity index is 1.47. The first-order valence-electron chi connectivity index (χ1n) is 8.48. The summed E-state index contributed by atoms with van der Waals surface area (Å²) in [6, 6.07) is 20.0. The third-order valence-electron chi connectivity index (χ3n) is 4.44. The summed E-state index contributed by atoms with van der Waals surface area (Å²) in [5, 5.41) is 0. The third-order valence-corrected chi connectivity index (χ3v) is 5.69. The zero-order valence-corrected chi connectivity index (χ0v) is 14.6. The summed E-state index contributed by atoms with van der Waals surface area (Å²) in [5.74, 6) is 1.70. The molecule has 1 fully saturated rings. The van der Waals surface area contributed by atoms with E-state index >= 15 is 0 Å². The SMILES string of the molecule is NC(Cc1ccccc1)C(=O)N1CCC(CSc2ccccc2)C1. The molecule has 2 aromatic carbocycles. The van der Waals surface area contributed by atoms with Gasteiger partial charge in [0.05, 0.1) is 6.04 Å². The lowest BCUT2D eigenvalue weighted by Gasteiger charge is -2.21. The van der Waals surface area contributed by atoms with Crippen LogP contribution in [0.5, 0.6) is 0 Å². The van der Waals surface area contributed by atoms with E-state index in [0.717, 1.165) is 30.8 Å². The van der Waals surface area contributed by atoms with Crippen LogP contribution in [0.4, 0.5) is 0 Å². The Morgan fingerprint density at radius 3 is 2.50 bits per heavy atom. The summed E-state index contributed by atoms with van der Waals surface area (Å²) in [4.78, 5) is 15.8. The van der Waals surface area contributed by atoms with E-state index in [-0.39, 0.29) is 5.91 Å². The molecule has 4 heteroatoms. The van der Waals surface area contributed by atoms with Gasteiger partial charge < -0.3 is 10.6 Å². The smallest absolute Gasteiger partial charge is 0.239 e. The Morgan fingerprint density at radius 1 is 1.12 bits per heavy atom. The first-order valence-corrected chi connectivity index (χ1v) is 9.47. The average molecular weight is 340 g/mol. The van der Waals surface area contributed by atoms with E-state index < -0.39 is 6.04 Å². The zero-order valence-electron chi connectivity index (χ0n) is 13.8. The van der Waals surface area contributed by atoms with Crippen molar-refractivity contribution in [3.8, 4) is 0 Å². The van der Waals surface area contributed by atoms with Crippen molar-refractivity contribution in [3.63, 3.8) is 0 Å². The van der Waals surface area contributed by atoms with Gasteiger partial charge >= 0.3 is 0 Å². The van der Waals surface area contributed by atoms with Crippen molar-refractivity contribution in [1.29, 1.82) is 0 Å². The summed E-state index contributed by atoms with van der Waals surface area (Å²) in [6.07, 6.45) is 1.68. The average Bonchev–Trinajstić information content (AvgIpc) is 3.10. The van der Waals surface area contributed by atoms with E-state index in [0.29, 0.717) is 12.3 Å². The van der Waals surface area contributed by atoms with E-state index in [9.17, 15) is 4.79 Å². The fourth-order valence-electron chi connectivity index (χ4n) is 3.09. The topological polar surface area (TPSA) is 46.3 Å². The molecule has 1 heterocycles. The molecule has 1 aliphatic heterocycles. The van der Waals surface area contributed by atoms with Gasteiger partial charge in [-0.1, -0.05) is 48.5 Å². The van der Waals surface area contributed by atoms with Crippen LogP contribution in [0, 0.1) is 5.92 Å². The Hall–Kier alpha value is -1.78. The molecule has 126 valence electrons. The van der Waals surface area contributed by atoms with E-state index in [4.69, 9.17) is 5.73 Å². The van der Waals surface area contributed by atoms with E-state index in [1.54, 1.807) is 0 Å². The molecule has 0 saturated carbocycles. The van der Waals surface area contributed by atoms with Crippen molar-refractivity contribution in [2.24, 2.45) is 11.7 Å². The predicted octanol–water partition coefficient (Wildman–Crippen LogP) is 3.20. The number of hydrogen-bond acceptors (Lipinski definition) is 3. The highest BCUT2D eigenvalue weighted by atomic mass is 32.2. The minimum atomic E-state index is -0.437. The van der Waals surface area contributed by atoms with Crippen molar-refractivity contribution in [2.75, 3.05) is 18.8 Å². The number of amides is 1. The standard InChI is InChI=1S/C20H24N2OS/c21-19(13-16-7-3-1-4-8-16)20(23)22-12-11-17(14-22)15-24-18-9-5-2-6-10-18/h1-10,17,19H,11-15,21H2. The number of carbonyl (C=O) groups is 1. The van der Waals surface area contributed by atoms with Gasteiger partial charge in [0.2, 0.25) is 5.91 Å². The highest BCUT2D eigenvalue weighted by Gasteiger charge is 2.29. The van der Waals surface area contributed by atoms with Gasteiger partial charge in [0.15, 0.2) is 0 Å². The highest BCUT2D eigenvalue weighted by molar-refractivity contribution is 7.99. The number of nitrogens with two attached hydrogens (primary N) is 1. The van der Waals surface area contributed by atoms with E-state index in [1.165, 1.54) is 4.90 Å². The molecular formula is C20H24N2OS. The fourth-order valence-corrected chi connectivity index (χ4v) is 4.14. The lowest BCUT2D eigenvalue weighted by Crippen LogP contribution is -2.44. The second kappa shape index (κ2) is 8.36. The van der Waals surface area contributed by atoms with Gasteiger partial charge in [0, 0.05) is 23.7 Å². The maximum absolute atomic E-state index is 12.6. The van der Waals surface area contributed by atoms with Gasteiger partial charge in [-0.3, -0.25) is 4.79 Å². The van der Waals surface area contributed by atoms with Crippen LogP contribution in [0.15, 0.2) is 65.6 Å². The van der Waals surface area contributed by atoms with Crippen LogP contribution in [0.1, 0.15) is 12.0 Å². The van der Waals surface area contributed by atoms with Gasteiger partial charge in [0.25, 0.3) is 0 Å². The lowest BCUT2D eigenvalue weighted by molar-refractivity contribution is -0.131. The highest BCUT2D eigenvalue weighted by Crippen LogP contribution is 2.26. The molecular weight excluding hydrogens is 316 g/mol. The molecule has 3 rings (SSSR count). The third kappa shape index (κ3) is 4.62. The molecule has 0 aromatic heterocycles. The number of rotatable bonds is 6. The monoisotopic (exact) mass is 340 g/mol. The largest absolute Gasteiger partial charge is 0.341 e. The molecule has 0 radical (unpaired) electrons. The number of benzene rings is 2. The predicted molar refractivity (Wildman–Crippen MR) is 100.0 cm³/mol. The number of likely N-dealkylation sites (tertiary alicyclic amines) is 1. The quantitative estimate of drug-likeness (QED) is 0.822. The maximum atomic E-state index is 12.6. The molecule has 1 amide bonds. The molecule has 3 nitrogen and oxygen atoms in total. The molecule has 2 atom stereocenters. The maximum Gasteiger partial charge on any atom is 0.239 e. The molecule has 24 heavy (non-hydrogen) atoms. The lowest BCUT2D eigenvalue weighted by atomic mass is 10.1. The summed E-state index contributed by atoms with van der Waals surface area (Å²) in [6.45, 7) is 1.67. The van der Waals surface area contributed by atoms with Crippen molar-refractivity contribution in [1.82, 2.24) is 4.90 Å². The number of carbonyl (C=O) groups excluding carboxylic acids is 1. The molecule has 0 aliphatic carbocycles. The van der Waals surface area contributed by atoms with Gasteiger partial charge in [-0.15, -0.1) is 11.8 Å². The first-order chi connectivity index (χ1) is 11.7. The van der Waals surface area contributed by atoms with Crippen LogP contribution in [-0.2, 0) is 11.2 Å². The summed E-state index contributed by atoms with van der Waals surface area (Å²) in [5.41, 5.74) is 7.26. The van der Waals surface area contributed by atoms with Crippen LogP contribution in [0.3, 0.4) is 0 Å². The molecule has 0 bridgehead atoms. The van der Waals surface area contributed by atoms with Gasteiger partial charge in [-0.25, -0.2) is 0 Å².